The van der Waals surface area contributed by atoms with Gasteiger partial charge in [0.1, 0.15) is 6.10 Å². The fourth-order valence-corrected chi connectivity index (χ4v) is 2.33. The largest absolute Gasteiger partial charge is 0.384 e. The van der Waals surface area contributed by atoms with Crippen LogP contribution in [-0.2, 0) is 0 Å². The Balaban J connectivity index is 1.96. The molecule has 0 amide bonds. The van der Waals surface area contributed by atoms with Crippen molar-refractivity contribution in [2.75, 3.05) is 0 Å². The molecule has 0 aliphatic heterocycles. The highest BCUT2D eigenvalue weighted by atomic mass is 16.3. The van der Waals surface area contributed by atoms with Crippen molar-refractivity contribution >= 4 is 0 Å². The van der Waals surface area contributed by atoms with Crippen molar-refractivity contribution in [3.05, 3.63) is 107 Å². The maximum absolute atomic E-state index is 10.6. The average Bonchev–Trinajstić information content (AvgIpc) is 2.61. The van der Waals surface area contributed by atoms with Crippen LogP contribution in [0.5, 0.6) is 0 Å². The van der Waals surface area contributed by atoms with Gasteiger partial charge in [-0.15, -0.1) is 0 Å². The molecule has 1 unspecified atom stereocenters. The van der Waals surface area contributed by atoms with Crippen LogP contribution >= 0.6 is 0 Å². The van der Waals surface area contributed by atoms with E-state index < -0.39 is 6.10 Å². The second kappa shape index (κ2) is 6.76. The maximum Gasteiger partial charge on any atom is 0.105 e. The molecule has 1 heteroatoms. The average molecular weight is 284 g/mol. The van der Waals surface area contributed by atoms with Gasteiger partial charge in [0.2, 0.25) is 0 Å². The van der Waals surface area contributed by atoms with E-state index in [1.54, 1.807) is 0 Å². The summed E-state index contributed by atoms with van der Waals surface area (Å²) in [5.74, 6) is 6.32. The summed E-state index contributed by atoms with van der Waals surface area (Å²) >= 11 is 0. The Morgan fingerprint density at radius 2 is 1.23 bits per heavy atom. The van der Waals surface area contributed by atoms with Gasteiger partial charge in [-0.2, -0.15) is 0 Å². The van der Waals surface area contributed by atoms with Gasteiger partial charge < -0.3 is 5.11 Å². The first-order valence-corrected chi connectivity index (χ1v) is 7.23. The minimum absolute atomic E-state index is 0.664. The Hall–Kier alpha value is -2.82. The predicted octanol–water partition coefficient (Wildman–Crippen LogP) is 4.17. The van der Waals surface area contributed by atoms with Gasteiger partial charge in [-0.3, -0.25) is 0 Å². The van der Waals surface area contributed by atoms with Crippen LogP contribution in [-0.4, -0.2) is 5.11 Å². The van der Waals surface area contributed by atoms with Crippen LogP contribution in [0.2, 0.25) is 0 Å². The molecule has 0 saturated heterocycles. The SMILES string of the molecule is OC(c1ccccc1)c1ccccc1C#Cc1ccccc1. The van der Waals surface area contributed by atoms with E-state index >= 15 is 0 Å². The molecule has 1 N–H and O–H groups in total. The lowest BCUT2D eigenvalue weighted by atomic mass is 9.97. The summed E-state index contributed by atoms with van der Waals surface area (Å²) in [4.78, 5) is 0. The number of hydrogen-bond acceptors (Lipinski definition) is 1. The zero-order chi connectivity index (χ0) is 15.2. The van der Waals surface area contributed by atoms with Gasteiger partial charge in [-0.25, -0.2) is 0 Å². The monoisotopic (exact) mass is 284 g/mol. The standard InChI is InChI=1S/C21H16O/c22-21(19-12-5-2-6-13-19)20-14-8-7-11-18(20)16-15-17-9-3-1-4-10-17/h1-14,21-22H. The number of hydrogen-bond donors (Lipinski definition) is 1. The van der Waals surface area contributed by atoms with Crippen molar-refractivity contribution in [3.63, 3.8) is 0 Å². The Kier molecular flexibility index (Phi) is 4.34. The van der Waals surface area contributed by atoms with Crippen molar-refractivity contribution in [2.45, 2.75) is 6.10 Å². The van der Waals surface area contributed by atoms with Crippen molar-refractivity contribution in [3.8, 4) is 11.8 Å². The fraction of sp³-hybridized carbons (Fsp3) is 0.0476. The first-order valence-electron chi connectivity index (χ1n) is 7.23. The highest BCUT2D eigenvalue weighted by Gasteiger charge is 2.12. The van der Waals surface area contributed by atoms with E-state index in [1.807, 2.05) is 84.9 Å². The zero-order valence-corrected chi connectivity index (χ0v) is 12.1. The van der Waals surface area contributed by atoms with Gasteiger partial charge in [0.05, 0.1) is 0 Å². The molecular formula is C21H16O. The summed E-state index contributed by atoms with van der Waals surface area (Å²) in [6.45, 7) is 0. The van der Waals surface area contributed by atoms with E-state index in [2.05, 4.69) is 11.8 Å². The quantitative estimate of drug-likeness (QED) is 0.700. The summed E-state index contributed by atoms with van der Waals surface area (Å²) in [7, 11) is 0. The van der Waals surface area contributed by atoms with E-state index in [0.29, 0.717) is 0 Å². The molecule has 0 aliphatic carbocycles. The van der Waals surface area contributed by atoms with Gasteiger partial charge in [-0.1, -0.05) is 78.6 Å². The van der Waals surface area contributed by atoms with Crippen LogP contribution in [0.3, 0.4) is 0 Å². The Bertz CT molecular complexity index is 795. The van der Waals surface area contributed by atoms with Gasteiger partial charge >= 0.3 is 0 Å². The highest BCUT2D eigenvalue weighted by molar-refractivity contribution is 5.48. The fourth-order valence-electron chi connectivity index (χ4n) is 2.33. The third kappa shape index (κ3) is 3.25. The number of benzene rings is 3. The number of aliphatic hydroxyl groups is 1. The molecule has 0 aliphatic rings. The van der Waals surface area contributed by atoms with E-state index in [9.17, 15) is 5.11 Å². The topological polar surface area (TPSA) is 20.2 Å². The minimum Gasteiger partial charge on any atom is -0.384 e. The van der Waals surface area contributed by atoms with Crippen molar-refractivity contribution in [1.29, 1.82) is 0 Å². The second-order valence-electron chi connectivity index (χ2n) is 5.02. The number of rotatable bonds is 2. The van der Waals surface area contributed by atoms with Crippen LogP contribution in [0.25, 0.3) is 0 Å². The zero-order valence-electron chi connectivity index (χ0n) is 12.1. The maximum atomic E-state index is 10.6. The molecule has 1 atom stereocenters. The van der Waals surface area contributed by atoms with Crippen LogP contribution in [0.4, 0.5) is 0 Å². The summed E-state index contributed by atoms with van der Waals surface area (Å²) in [6, 6.07) is 27.2. The smallest absolute Gasteiger partial charge is 0.105 e. The lowest BCUT2D eigenvalue weighted by Gasteiger charge is -2.13. The van der Waals surface area contributed by atoms with Crippen molar-refractivity contribution in [1.82, 2.24) is 0 Å². The van der Waals surface area contributed by atoms with Crippen LogP contribution in [0.1, 0.15) is 28.4 Å². The molecule has 0 radical (unpaired) electrons. The molecule has 106 valence electrons. The van der Waals surface area contributed by atoms with E-state index in [-0.39, 0.29) is 0 Å². The molecule has 22 heavy (non-hydrogen) atoms. The molecule has 0 spiro atoms. The normalized spacial score (nSPS) is 11.3. The molecule has 0 fully saturated rings. The lowest BCUT2D eigenvalue weighted by Crippen LogP contribution is -2.01. The molecule has 1 nitrogen and oxygen atoms in total. The van der Waals surface area contributed by atoms with Crippen molar-refractivity contribution in [2.24, 2.45) is 0 Å². The molecule has 0 saturated carbocycles. The number of aliphatic hydroxyl groups excluding tert-OH is 1. The van der Waals surface area contributed by atoms with Gasteiger partial charge in [0.25, 0.3) is 0 Å². The Morgan fingerprint density at radius 3 is 1.95 bits per heavy atom. The first kappa shape index (κ1) is 14.1. The molecule has 3 aromatic rings. The van der Waals surface area contributed by atoms with E-state index in [4.69, 9.17) is 0 Å². The summed E-state index contributed by atoms with van der Waals surface area (Å²) in [5, 5.41) is 10.6. The highest BCUT2D eigenvalue weighted by Crippen LogP contribution is 2.24. The van der Waals surface area contributed by atoms with Crippen LogP contribution in [0, 0.1) is 11.8 Å². The van der Waals surface area contributed by atoms with E-state index in [1.165, 1.54) is 0 Å². The molecular weight excluding hydrogens is 268 g/mol. The Labute approximate surface area is 130 Å². The third-order valence-corrected chi connectivity index (χ3v) is 3.49. The van der Waals surface area contributed by atoms with Crippen LogP contribution in [0.15, 0.2) is 84.9 Å². The molecule has 3 aromatic carbocycles. The van der Waals surface area contributed by atoms with Gasteiger partial charge in [0.15, 0.2) is 0 Å². The lowest BCUT2D eigenvalue weighted by molar-refractivity contribution is 0.220. The predicted molar refractivity (Wildman–Crippen MR) is 89.4 cm³/mol. The van der Waals surface area contributed by atoms with Crippen LogP contribution < -0.4 is 0 Å². The van der Waals surface area contributed by atoms with Gasteiger partial charge in [0, 0.05) is 16.7 Å². The molecule has 0 heterocycles. The molecule has 0 aromatic heterocycles. The van der Waals surface area contributed by atoms with E-state index in [0.717, 1.165) is 22.3 Å². The summed E-state index contributed by atoms with van der Waals surface area (Å²) in [5.41, 5.74) is 3.52. The Morgan fingerprint density at radius 1 is 0.636 bits per heavy atom. The second-order valence-corrected chi connectivity index (χ2v) is 5.02. The van der Waals surface area contributed by atoms with Gasteiger partial charge in [-0.05, 0) is 23.8 Å². The third-order valence-electron chi connectivity index (χ3n) is 3.49. The summed E-state index contributed by atoms with van der Waals surface area (Å²) in [6.07, 6.45) is -0.664. The minimum atomic E-state index is -0.664. The van der Waals surface area contributed by atoms with Crippen molar-refractivity contribution < 1.29 is 5.11 Å². The molecule has 0 bridgehead atoms. The first-order chi connectivity index (χ1) is 10.8. The molecule has 3 rings (SSSR count). The summed E-state index contributed by atoms with van der Waals surface area (Å²) < 4.78 is 0.